The fraction of sp³-hybridized carbons (Fsp3) is 0.467. The highest BCUT2D eigenvalue weighted by molar-refractivity contribution is 7.99. The third-order valence-corrected chi connectivity index (χ3v) is 5.18. The first-order chi connectivity index (χ1) is 10.1. The van der Waals surface area contributed by atoms with E-state index < -0.39 is 5.97 Å². The first-order valence-electron chi connectivity index (χ1n) is 7.14. The fourth-order valence-electron chi connectivity index (χ4n) is 2.63. The van der Waals surface area contributed by atoms with E-state index in [1.165, 1.54) is 31.0 Å². The molecule has 0 spiro atoms. The molecule has 0 aliphatic heterocycles. The van der Waals surface area contributed by atoms with Gasteiger partial charge in [0.1, 0.15) is 0 Å². The van der Waals surface area contributed by atoms with E-state index in [1.807, 2.05) is 18.2 Å². The second kappa shape index (κ2) is 6.28. The Morgan fingerprint density at radius 3 is 2.95 bits per heavy atom. The highest BCUT2D eigenvalue weighted by Crippen LogP contribution is 2.32. The Morgan fingerprint density at radius 2 is 2.29 bits per heavy atom. The Bertz CT molecular complexity index is 667. The lowest BCUT2D eigenvalue weighted by molar-refractivity contribution is -0.133. The summed E-state index contributed by atoms with van der Waals surface area (Å²) in [5, 5.41) is 10.3. The number of nitrogens with zero attached hydrogens (tertiary/aromatic N) is 2. The number of carbonyl (C=O) groups is 1. The Labute approximate surface area is 132 Å². The Balaban J connectivity index is 1.87. The number of rotatable bonds is 6. The van der Waals surface area contributed by atoms with Gasteiger partial charge in [0.15, 0.2) is 5.16 Å². The summed E-state index contributed by atoms with van der Waals surface area (Å²) in [5.74, 6) is 0.0169. The molecular formula is C15H17ClN2O2S. The predicted molar refractivity (Wildman–Crippen MR) is 85.1 cm³/mol. The minimum absolute atomic E-state index is 0.0283. The van der Waals surface area contributed by atoms with Crippen molar-refractivity contribution in [1.82, 2.24) is 9.55 Å². The molecule has 1 aliphatic rings. The summed E-state index contributed by atoms with van der Waals surface area (Å²) in [6, 6.07) is 5.66. The SMILES string of the molecule is O=C(O)CSc1nc2cc(Cl)ccc2n1CCC1CCC1. The van der Waals surface area contributed by atoms with Gasteiger partial charge >= 0.3 is 5.97 Å². The lowest BCUT2D eigenvalue weighted by Gasteiger charge is -2.25. The molecule has 3 rings (SSSR count). The first-order valence-corrected chi connectivity index (χ1v) is 8.50. The summed E-state index contributed by atoms with van der Waals surface area (Å²) in [5.41, 5.74) is 1.87. The van der Waals surface area contributed by atoms with Gasteiger partial charge in [0, 0.05) is 11.6 Å². The summed E-state index contributed by atoms with van der Waals surface area (Å²) in [6.07, 6.45) is 5.10. The van der Waals surface area contributed by atoms with Crippen molar-refractivity contribution < 1.29 is 9.90 Å². The van der Waals surface area contributed by atoms with Crippen molar-refractivity contribution in [3.63, 3.8) is 0 Å². The van der Waals surface area contributed by atoms with Crippen LogP contribution >= 0.6 is 23.4 Å². The highest BCUT2D eigenvalue weighted by atomic mass is 35.5. The number of halogens is 1. The summed E-state index contributed by atoms with van der Waals surface area (Å²) >= 11 is 7.29. The maximum Gasteiger partial charge on any atom is 0.313 e. The van der Waals surface area contributed by atoms with E-state index >= 15 is 0 Å². The van der Waals surface area contributed by atoms with E-state index in [0.717, 1.165) is 35.1 Å². The average Bonchev–Trinajstić information content (AvgIpc) is 2.72. The number of carboxylic acids is 1. The van der Waals surface area contributed by atoms with Crippen molar-refractivity contribution in [2.75, 3.05) is 5.75 Å². The molecule has 6 heteroatoms. The van der Waals surface area contributed by atoms with Crippen molar-refractivity contribution in [3.05, 3.63) is 23.2 Å². The van der Waals surface area contributed by atoms with Crippen LogP contribution in [0, 0.1) is 5.92 Å². The smallest absolute Gasteiger partial charge is 0.313 e. The average molecular weight is 325 g/mol. The molecule has 1 aromatic carbocycles. The zero-order valence-electron chi connectivity index (χ0n) is 11.6. The topological polar surface area (TPSA) is 55.1 Å². The van der Waals surface area contributed by atoms with Crippen LogP contribution in [-0.4, -0.2) is 26.4 Å². The number of hydrogen-bond acceptors (Lipinski definition) is 3. The molecule has 0 radical (unpaired) electrons. The maximum atomic E-state index is 10.8. The number of hydrogen-bond donors (Lipinski definition) is 1. The molecule has 1 fully saturated rings. The van der Waals surface area contributed by atoms with Gasteiger partial charge in [-0.2, -0.15) is 0 Å². The van der Waals surface area contributed by atoms with E-state index in [0.29, 0.717) is 5.02 Å². The van der Waals surface area contributed by atoms with Crippen LogP contribution in [0.3, 0.4) is 0 Å². The van der Waals surface area contributed by atoms with Crippen LogP contribution < -0.4 is 0 Å². The minimum atomic E-state index is -0.823. The summed E-state index contributed by atoms with van der Waals surface area (Å²) in [6.45, 7) is 0.894. The van der Waals surface area contributed by atoms with Crippen molar-refractivity contribution in [1.29, 1.82) is 0 Å². The largest absolute Gasteiger partial charge is 0.481 e. The van der Waals surface area contributed by atoms with Crippen LogP contribution in [0.4, 0.5) is 0 Å². The molecule has 2 aromatic rings. The quantitative estimate of drug-likeness (QED) is 0.814. The van der Waals surface area contributed by atoms with Crippen molar-refractivity contribution in [2.45, 2.75) is 37.4 Å². The van der Waals surface area contributed by atoms with Gasteiger partial charge in [-0.1, -0.05) is 42.6 Å². The summed E-state index contributed by atoms with van der Waals surface area (Å²) < 4.78 is 2.14. The minimum Gasteiger partial charge on any atom is -0.481 e. The van der Waals surface area contributed by atoms with Crippen molar-refractivity contribution in [2.24, 2.45) is 5.92 Å². The molecule has 0 bridgehead atoms. The zero-order valence-corrected chi connectivity index (χ0v) is 13.2. The third kappa shape index (κ3) is 3.35. The van der Waals surface area contributed by atoms with E-state index in [9.17, 15) is 4.79 Å². The molecule has 4 nitrogen and oxygen atoms in total. The van der Waals surface area contributed by atoms with Gasteiger partial charge in [-0.05, 0) is 30.5 Å². The number of imidazole rings is 1. The van der Waals surface area contributed by atoms with Gasteiger partial charge in [0.05, 0.1) is 16.8 Å². The van der Waals surface area contributed by atoms with E-state index in [-0.39, 0.29) is 5.75 Å². The number of carboxylic acid groups (broad SMARTS) is 1. The molecule has 21 heavy (non-hydrogen) atoms. The Kier molecular flexibility index (Phi) is 4.40. The molecule has 1 aromatic heterocycles. The first kappa shape index (κ1) is 14.7. The fourth-order valence-corrected chi connectivity index (χ4v) is 3.55. The monoisotopic (exact) mass is 324 g/mol. The molecule has 1 N–H and O–H groups in total. The van der Waals surface area contributed by atoms with Crippen LogP contribution in [0.5, 0.6) is 0 Å². The van der Waals surface area contributed by atoms with E-state index in [1.54, 1.807) is 0 Å². The Hall–Kier alpha value is -1.20. The predicted octanol–water partition coefficient (Wildman–Crippen LogP) is 4.06. The van der Waals surface area contributed by atoms with Crippen LogP contribution in [0.1, 0.15) is 25.7 Å². The molecule has 1 aliphatic carbocycles. The standard InChI is InChI=1S/C15H17ClN2O2S/c16-11-4-5-13-12(8-11)17-15(21-9-14(19)20)18(13)7-6-10-2-1-3-10/h4-5,8,10H,1-3,6-7,9H2,(H,19,20). The van der Waals surface area contributed by atoms with Gasteiger partial charge in [-0.15, -0.1) is 0 Å². The lowest BCUT2D eigenvalue weighted by Crippen LogP contribution is -2.14. The van der Waals surface area contributed by atoms with Gasteiger partial charge in [0.25, 0.3) is 0 Å². The molecule has 0 unspecified atom stereocenters. The Morgan fingerprint density at radius 1 is 1.48 bits per heavy atom. The number of thioether (sulfide) groups is 1. The number of benzene rings is 1. The third-order valence-electron chi connectivity index (χ3n) is 3.99. The van der Waals surface area contributed by atoms with Crippen LogP contribution in [0.2, 0.25) is 5.02 Å². The van der Waals surface area contributed by atoms with Crippen molar-refractivity contribution in [3.8, 4) is 0 Å². The molecule has 0 amide bonds. The van der Waals surface area contributed by atoms with Gasteiger partial charge in [0.2, 0.25) is 0 Å². The molecule has 1 saturated carbocycles. The van der Waals surface area contributed by atoms with Crippen LogP contribution in [0.25, 0.3) is 11.0 Å². The van der Waals surface area contributed by atoms with Gasteiger partial charge in [-0.3, -0.25) is 4.79 Å². The summed E-state index contributed by atoms with van der Waals surface area (Å²) in [4.78, 5) is 15.3. The molecule has 0 saturated heterocycles. The zero-order chi connectivity index (χ0) is 14.8. The number of aromatic nitrogens is 2. The van der Waals surface area contributed by atoms with Gasteiger partial charge < -0.3 is 9.67 Å². The number of fused-ring (bicyclic) bond motifs is 1. The van der Waals surface area contributed by atoms with Gasteiger partial charge in [-0.25, -0.2) is 4.98 Å². The van der Waals surface area contributed by atoms with Crippen LogP contribution in [-0.2, 0) is 11.3 Å². The number of aliphatic carboxylic acids is 1. The van der Waals surface area contributed by atoms with E-state index in [2.05, 4.69) is 9.55 Å². The van der Waals surface area contributed by atoms with Crippen LogP contribution in [0.15, 0.2) is 23.4 Å². The normalized spacial score (nSPS) is 15.3. The van der Waals surface area contributed by atoms with E-state index in [4.69, 9.17) is 16.7 Å². The maximum absolute atomic E-state index is 10.8. The second-order valence-electron chi connectivity index (χ2n) is 5.45. The van der Waals surface area contributed by atoms with Crippen molar-refractivity contribution >= 4 is 40.4 Å². The molecule has 1 heterocycles. The molecular weight excluding hydrogens is 308 g/mol. The highest BCUT2D eigenvalue weighted by Gasteiger charge is 2.19. The number of aryl methyl sites for hydroxylation is 1. The molecule has 0 atom stereocenters. The second-order valence-corrected chi connectivity index (χ2v) is 6.83. The lowest BCUT2D eigenvalue weighted by atomic mass is 9.83. The molecule has 112 valence electrons. The summed E-state index contributed by atoms with van der Waals surface area (Å²) in [7, 11) is 0.